The van der Waals surface area contributed by atoms with Crippen molar-refractivity contribution >= 4 is 54.0 Å². The summed E-state index contributed by atoms with van der Waals surface area (Å²) in [5.41, 5.74) is -4.97. The number of para-hydroxylation sites is 1. The lowest BCUT2D eigenvalue weighted by Crippen LogP contribution is -2.20. The van der Waals surface area contributed by atoms with E-state index >= 15 is 0 Å². The largest absolute Gasteiger partial charge is 0.443 e. The van der Waals surface area contributed by atoms with Gasteiger partial charge in [-0.05, 0) is 42.5 Å². The van der Waals surface area contributed by atoms with Gasteiger partial charge in [0.1, 0.15) is 5.58 Å². The molecule has 1 heterocycles. The number of rotatable bonds is 6. The zero-order valence-electron chi connectivity index (χ0n) is 18.4. The second-order valence-corrected chi connectivity index (χ2v) is 11.4. The highest BCUT2D eigenvalue weighted by Gasteiger charge is 2.43. The lowest BCUT2D eigenvalue weighted by molar-refractivity contribution is -0.162. The molecule has 0 amide bonds. The Balaban J connectivity index is 1.72. The maximum absolute atomic E-state index is 13.3. The van der Waals surface area contributed by atoms with Crippen LogP contribution in [0.5, 0.6) is 0 Å². The fraction of sp³-hybridized carbons (Fsp3) is 0.0909. The Morgan fingerprint density at radius 2 is 1.32 bits per heavy atom. The Morgan fingerprint density at radius 1 is 0.684 bits per heavy atom. The second kappa shape index (κ2) is 9.39. The van der Waals surface area contributed by atoms with Crippen LogP contribution >= 0.6 is 11.6 Å². The Kier molecular flexibility index (Phi) is 6.82. The van der Waals surface area contributed by atoms with Gasteiger partial charge in [0.25, 0.3) is 20.0 Å². The normalized spacial score (nSPS) is 13.0. The average Bonchev–Trinajstić information content (AvgIpc) is 3.25. The molecular weight excluding hydrogens is 586 g/mol. The van der Waals surface area contributed by atoms with Gasteiger partial charge in [0, 0.05) is 16.5 Å². The van der Waals surface area contributed by atoms with E-state index in [4.69, 9.17) is 16.0 Å². The number of alkyl halides is 6. The van der Waals surface area contributed by atoms with Crippen LogP contribution in [0.1, 0.15) is 11.1 Å². The standard InChI is InChI=1S/C22H13ClF6N2O5S2/c23-13-5-8-17(18(10-13)31-38(34,35)20-9-12-3-1-2-4-19(12)36-20)30-37(32,33)14-6-7-15(21(24,25)26)16(11-14)22(27,28)29/h1-11,30-31H. The van der Waals surface area contributed by atoms with E-state index < -0.39 is 64.9 Å². The number of halogens is 7. The van der Waals surface area contributed by atoms with Gasteiger partial charge in [-0.25, -0.2) is 8.42 Å². The SMILES string of the molecule is O=S(=O)(Nc1ccc(Cl)cc1NS(=O)(=O)c1cc2ccccc2o1)c1ccc(C(F)(F)F)c(C(F)(F)F)c1. The Bertz CT molecular complexity index is 1720. The second-order valence-electron chi connectivity index (χ2n) is 7.71. The van der Waals surface area contributed by atoms with Crippen LogP contribution in [0.4, 0.5) is 37.7 Å². The van der Waals surface area contributed by atoms with Crippen LogP contribution in [0.15, 0.2) is 81.1 Å². The minimum Gasteiger partial charge on any atom is -0.443 e. The summed E-state index contributed by atoms with van der Waals surface area (Å²) in [5.74, 6) is 0. The van der Waals surface area contributed by atoms with Gasteiger partial charge in [-0.2, -0.15) is 34.8 Å². The van der Waals surface area contributed by atoms with E-state index in [1.165, 1.54) is 12.1 Å². The lowest BCUT2D eigenvalue weighted by atomic mass is 10.1. The minimum absolute atomic E-state index is 0.00948. The van der Waals surface area contributed by atoms with Crippen LogP contribution in [-0.4, -0.2) is 16.8 Å². The third kappa shape index (κ3) is 5.68. The summed E-state index contributed by atoms with van der Waals surface area (Å²) >= 11 is 5.91. The summed E-state index contributed by atoms with van der Waals surface area (Å²) in [7, 11) is -9.42. The predicted molar refractivity (Wildman–Crippen MR) is 126 cm³/mol. The zero-order chi connectivity index (χ0) is 28.1. The molecule has 0 bridgehead atoms. The van der Waals surface area contributed by atoms with E-state index in [-0.39, 0.29) is 22.7 Å². The Hall–Kier alpha value is -3.43. The molecule has 1 aromatic heterocycles. The third-order valence-corrected chi connectivity index (χ3v) is 7.87. The highest BCUT2D eigenvalue weighted by molar-refractivity contribution is 7.93. The maximum atomic E-state index is 13.3. The molecule has 7 nitrogen and oxygen atoms in total. The van der Waals surface area contributed by atoms with Crippen LogP contribution in [0.2, 0.25) is 5.02 Å². The average molecular weight is 599 g/mol. The van der Waals surface area contributed by atoms with Crippen LogP contribution in [0, 0.1) is 0 Å². The smallest absolute Gasteiger partial charge is 0.417 e. The van der Waals surface area contributed by atoms with Crippen molar-refractivity contribution in [1.29, 1.82) is 0 Å². The Morgan fingerprint density at radius 3 is 1.95 bits per heavy atom. The first kappa shape index (κ1) is 27.6. The molecule has 0 saturated carbocycles. The van der Waals surface area contributed by atoms with Crippen LogP contribution in [0.25, 0.3) is 11.0 Å². The minimum atomic E-state index is -5.52. The molecule has 4 rings (SSSR count). The number of nitrogens with one attached hydrogen (secondary N) is 2. The van der Waals surface area contributed by atoms with E-state index in [0.717, 1.165) is 18.2 Å². The lowest BCUT2D eigenvalue weighted by Gasteiger charge is -2.18. The molecule has 0 fully saturated rings. The fourth-order valence-electron chi connectivity index (χ4n) is 3.35. The molecular formula is C22H13ClF6N2O5S2. The monoisotopic (exact) mass is 598 g/mol. The van der Waals surface area contributed by atoms with Gasteiger partial charge >= 0.3 is 12.4 Å². The molecule has 0 radical (unpaired) electrons. The molecule has 0 aliphatic heterocycles. The van der Waals surface area contributed by atoms with Gasteiger partial charge in [0.05, 0.1) is 27.4 Å². The molecule has 3 aromatic carbocycles. The van der Waals surface area contributed by atoms with Crippen molar-refractivity contribution in [3.63, 3.8) is 0 Å². The Labute approximate surface area is 216 Å². The number of furan rings is 1. The number of anilines is 2. The van der Waals surface area contributed by atoms with Crippen molar-refractivity contribution < 1.29 is 47.6 Å². The first-order chi connectivity index (χ1) is 17.5. The summed E-state index contributed by atoms with van der Waals surface area (Å²) in [6.07, 6.45) is -10.9. The fourth-order valence-corrected chi connectivity index (χ4v) is 5.67. The quantitative estimate of drug-likeness (QED) is 0.240. The van der Waals surface area contributed by atoms with Crippen molar-refractivity contribution in [2.45, 2.75) is 22.3 Å². The highest BCUT2D eigenvalue weighted by atomic mass is 35.5. The van der Waals surface area contributed by atoms with Crippen molar-refractivity contribution in [1.82, 2.24) is 0 Å². The topological polar surface area (TPSA) is 105 Å². The van der Waals surface area contributed by atoms with Gasteiger partial charge in [0.2, 0.25) is 5.09 Å². The summed E-state index contributed by atoms with van der Waals surface area (Å²) in [6, 6.07) is 10.8. The van der Waals surface area contributed by atoms with Crippen LogP contribution in [-0.2, 0) is 32.4 Å². The number of fused-ring (bicyclic) bond motifs is 1. The summed E-state index contributed by atoms with van der Waals surface area (Å²) in [6.45, 7) is 0. The number of benzene rings is 3. The molecule has 2 N–H and O–H groups in total. The molecule has 202 valence electrons. The first-order valence-corrected chi connectivity index (χ1v) is 13.4. The molecule has 0 atom stereocenters. The number of hydrogen-bond acceptors (Lipinski definition) is 5. The zero-order valence-corrected chi connectivity index (χ0v) is 20.7. The van der Waals surface area contributed by atoms with Crippen LogP contribution < -0.4 is 9.44 Å². The molecule has 4 aromatic rings. The van der Waals surface area contributed by atoms with Crippen molar-refractivity contribution in [2.24, 2.45) is 0 Å². The van der Waals surface area contributed by atoms with Crippen LogP contribution in [0.3, 0.4) is 0 Å². The molecule has 0 aliphatic rings. The molecule has 0 unspecified atom stereocenters. The van der Waals surface area contributed by atoms with E-state index in [1.807, 2.05) is 4.72 Å². The summed E-state index contributed by atoms with van der Waals surface area (Å²) < 4.78 is 140. The van der Waals surface area contributed by atoms with Crippen molar-refractivity contribution in [3.05, 3.63) is 82.9 Å². The van der Waals surface area contributed by atoms with Gasteiger partial charge in [-0.15, -0.1) is 0 Å². The van der Waals surface area contributed by atoms with Gasteiger partial charge in [-0.3, -0.25) is 9.44 Å². The predicted octanol–water partition coefficient (Wildman–Crippen LogP) is 6.73. The third-order valence-electron chi connectivity index (χ3n) is 5.05. The molecule has 16 heteroatoms. The van der Waals surface area contributed by atoms with E-state index in [1.54, 1.807) is 18.2 Å². The maximum Gasteiger partial charge on any atom is 0.417 e. The molecule has 0 saturated heterocycles. The van der Waals surface area contributed by atoms with E-state index in [0.29, 0.717) is 11.5 Å². The van der Waals surface area contributed by atoms with Gasteiger partial charge < -0.3 is 4.42 Å². The summed E-state index contributed by atoms with van der Waals surface area (Å²) in [5, 5.41) is -0.142. The van der Waals surface area contributed by atoms with E-state index in [9.17, 15) is 43.2 Å². The highest BCUT2D eigenvalue weighted by Crippen LogP contribution is 2.41. The molecule has 38 heavy (non-hydrogen) atoms. The molecule has 0 spiro atoms. The van der Waals surface area contributed by atoms with Crippen molar-refractivity contribution in [3.8, 4) is 0 Å². The van der Waals surface area contributed by atoms with Gasteiger partial charge in [0.15, 0.2) is 0 Å². The summed E-state index contributed by atoms with van der Waals surface area (Å²) in [4.78, 5) is -1.15. The number of sulfonamides is 2. The first-order valence-electron chi connectivity index (χ1n) is 10.1. The van der Waals surface area contributed by atoms with E-state index in [2.05, 4.69) is 4.72 Å². The van der Waals surface area contributed by atoms with Crippen molar-refractivity contribution in [2.75, 3.05) is 9.44 Å². The van der Waals surface area contributed by atoms with Gasteiger partial charge in [-0.1, -0.05) is 29.8 Å². The number of hydrogen-bond donors (Lipinski definition) is 2. The molecule has 0 aliphatic carbocycles.